The van der Waals surface area contributed by atoms with E-state index >= 15 is 0 Å². The molecule has 0 unspecified atom stereocenters. The molecule has 76 valence electrons. The molecule has 0 amide bonds. The van der Waals surface area contributed by atoms with E-state index in [4.69, 9.17) is 5.21 Å². The van der Waals surface area contributed by atoms with Crippen molar-refractivity contribution in [3.05, 3.63) is 42.7 Å². The summed E-state index contributed by atoms with van der Waals surface area (Å²) >= 11 is 0. The number of imidazole rings is 1. The highest BCUT2D eigenvalue weighted by Gasteiger charge is 2.06. The van der Waals surface area contributed by atoms with Gasteiger partial charge >= 0.3 is 0 Å². The Labute approximate surface area is 87.2 Å². The molecule has 0 atom stereocenters. The number of nitrogens with zero attached hydrogens (tertiary/aromatic N) is 3. The number of para-hydroxylation sites is 2. The van der Waals surface area contributed by atoms with Crippen LogP contribution in [0.4, 0.5) is 0 Å². The van der Waals surface area contributed by atoms with Crippen LogP contribution in [0.25, 0.3) is 11.0 Å². The van der Waals surface area contributed by atoms with Crippen molar-refractivity contribution in [3.8, 4) is 0 Å². The number of oxime groups is 1. The van der Waals surface area contributed by atoms with Crippen molar-refractivity contribution in [1.29, 1.82) is 0 Å². The van der Waals surface area contributed by atoms with Gasteiger partial charge in [-0.2, -0.15) is 0 Å². The van der Waals surface area contributed by atoms with Crippen molar-refractivity contribution in [3.63, 3.8) is 0 Å². The lowest BCUT2D eigenvalue weighted by molar-refractivity contribution is 0.321. The van der Waals surface area contributed by atoms with Crippen molar-refractivity contribution in [2.24, 2.45) is 5.16 Å². The zero-order valence-corrected chi connectivity index (χ0v) is 8.17. The maximum absolute atomic E-state index is 8.53. The summed E-state index contributed by atoms with van der Waals surface area (Å²) in [5.41, 5.74) is 1.89. The van der Waals surface area contributed by atoms with Crippen molar-refractivity contribution in [1.82, 2.24) is 9.55 Å². The fraction of sp³-hybridized carbons (Fsp3) is 0.0909. The van der Waals surface area contributed by atoms with Crippen LogP contribution >= 0.6 is 0 Å². The average molecular weight is 201 g/mol. The number of fused-ring (bicyclic) bond motifs is 1. The number of hydrogen-bond acceptors (Lipinski definition) is 3. The molecule has 0 saturated heterocycles. The first-order valence-electron chi connectivity index (χ1n) is 4.60. The van der Waals surface area contributed by atoms with Gasteiger partial charge in [0, 0.05) is 6.54 Å². The number of allylic oxidation sites excluding steroid dienone is 1. The van der Waals surface area contributed by atoms with E-state index in [0.29, 0.717) is 12.4 Å². The van der Waals surface area contributed by atoms with Crippen molar-refractivity contribution in [2.45, 2.75) is 6.54 Å². The van der Waals surface area contributed by atoms with Crippen molar-refractivity contribution >= 4 is 17.2 Å². The van der Waals surface area contributed by atoms with E-state index in [9.17, 15) is 0 Å². The molecule has 0 aliphatic carbocycles. The smallest absolute Gasteiger partial charge is 0.156 e. The Balaban J connectivity index is 2.68. The molecule has 0 bridgehead atoms. The SMILES string of the molecule is C=CCn1c(/C=N/O)nc2ccccc21. The fourth-order valence-electron chi connectivity index (χ4n) is 1.57. The minimum absolute atomic E-state index is 0.624. The van der Waals surface area contributed by atoms with E-state index in [2.05, 4.69) is 16.7 Å². The van der Waals surface area contributed by atoms with E-state index in [-0.39, 0.29) is 0 Å². The van der Waals surface area contributed by atoms with Gasteiger partial charge in [-0.25, -0.2) is 4.98 Å². The molecule has 4 nitrogen and oxygen atoms in total. The fourth-order valence-corrected chi connectivity index (χ4v) is 1.57. The molecular weight excluding hydrogens is 190 g/mol. The zero-order chi connectivity index (χ0) is 10.7. The van der Waals surface area contributed by atoms with Crippen LogP contribution in [0, 0.1) is 0 Å². The van der Waals surface area contributed by atoms with Crippen LogP contribution in [0.2, 0.25) is 0 Å². The van der Waals surface area contributed by atoms with Gasteiger partial charge in [0.25, 0.3) is 0 Å². The molecule has 0 aliphatic heterocycles. The molecule has 0 aliphatic rings. The third kappa shape index (κ3) is 1.61. The van der Waals surface area contributed by atoms with Crippen molar-refractivity contribution < 1.29 is 5.21 Å². The average Bonchev–Trinajstić information content (AvgIpc) is 2.59. The number of rotatable bonds is 3. The molecule has 15 heavy (non-hydrogen) atoms. The zero-order valence-electron chi connectivity index (χ0n) is 8.17. The van der Waals surface area contributed by atoms with Gasteiger partial charge in [0.15, 0.2) is 5.82 Å². The van der Waals surface area contributed by atoms with Crippen LogP contribution in [0.15, 0.2) is 42.1 Å². The van der Waals surface area contributed by atoms with Crippen LogP contribution in [0.1, 0.15) is 5.82 Å². The largest absolute Gasteiger partial charge is 0.411 e. The van der Waals surface area contributed by atoms with Gasteiger partial charge in [0.2, 0.25) is 0 Å². The second-order valence-electron chi connectivity index (χ2n) is 3.10. The summed E-state index contributed by atoms with van der Waals surface area (Å²) in [7, 11) is 0. The summed E-state index contributed by atoms with van der Waals surface area (Å²) in [6, 6.07) is 7.76. The highest BCUT2D eigenvalue weighted by atomic mass is 16.4. The van der Waals surface area contributed by atoms with Crippen LogP contribution in [-0.2, 0) is 6.54 Å². The summed E-state index contributed by atoms with van der Waals surface area (Å²) in [6.45, 7) is 4.33. The Morgan fingerprint density at radius 2 is 2.27 bits per heavy atom. The van der Waals surface area contributed by atoms with Gasteiger partial charge in [-0.05, 0) is 12.1 Å². The molecule has 1 aromatic heterocycles. The third-order valence-electron chi connectivity index (χ3n) is 2.17. The molecule has 2 aromatic rings. The molecule has 4 heteroatoms. The number of hydrogen-bond donors (Lipinski definition) is 1. The first-order valence-corrected chi connectivity index (χ1v) is 4.60. The maximum Gasteiger partial charge on any atom is 0.156 e. The number of benzene rings is 1. The van der Waals surface area contributed by atoms with Gasteiger partial charge in [0.05, 0.1) is 11.0 Å². The van der Waals surface area contributed by atoms with E-state index in [1.165, 1.54) is 6.21 Å². The Bertz CT molecular complexity index is 514. The van der Waals surface area contributed by atoms with Crippen molar-refractivity contribution in [2.75, 3.05) is 0 Å². The molecule has 0 saturated carbocycles. The van der Waals surface area contributed by atoms with Gasteiger partial charge in [0.1, 0.15) is 6.21 Å². The molecule has 0 fully saturated rings. The maximum atomic E-state index is 8.53. The Morgan fingerprint density at radius 1 is 1.47 bits per heavy atom. The molecule has 0 spiro atoms. The summed E-state index contributed by atoms with van der Waals surface area (Å²) in [4.78, 5) is 4.33. The second kappa shape index (κ2) is 3.96. The highest BCUT2D eigenvalue weighted by molar-refractivity contribution is 5.84. The molecule has 0 radical (unpaired) electrons. The number of aromatic nitrogens is 2. The first kappa shape index (κ1) is 9.45. The van der Waals surface area contributed by atoms with Gasteiger partial charge in [-0.15, -0.1) is 6.58 Å². The van der Waals surface area contributed by atoms with Gasteiger partial charge < -0.3 is 9.77 Å². The van der Waals surface area contributed by atoms with Crippen LogP contribution in [-0.4, -0.2) is 21.0 Å². The standard InChI is InChI=1S/C11H11N3O/c1-2-7-14-10-6-4-3-5-9(10)13-11(14)8-12-15/h2-6,8,15H,1,7H2/b12-8+. The lowest BCUT2D eigenvalue weighted by Gasteiger charge is -2.01. The summed E-state index contributed by atoms with van der Waals surface area (Å²) in [5.74, 6) is 0.624. The monoisotopic (exact) mass is 201 g/mol. The lowest BCUT2D eigenvalue weighted by atomic mass is 10.3. The summed E-state index contributed by atoms with van der Waals surface area (Å²) < 4.78 is 1.93. The van der Waals surface area contributed by atoms with E-state index in [0.717, 1.165) is 11.0 Å². The lowest BCUT2D eigenvalue weighted by Crippen LogP contribution is -2.01. The van der Waals surface area contributed by atoms with Crippen LogP contribution < -0.4 is 0 Å². The minimum Gasteiger partial charge on any atom is -0.411 e. The minimum atomic E-state index is 0.624. The first-order chi connectivity index (χ1) is 7.36. The highest BCUT2D eigenvalue weighted by Crippen LogP contribution is 2.14. The predicted octanol–water partition coefficient (Wildman–Crippen LogP) is 2.03. The Hall–Kier alpha value is -2.10. The predicted molar refractivity (Wildman–Crippen MR) is 59.3 cm³/mol. The molecule has 1 heterocycles. The normalized spacial score (nSPS) is 11.2. The third-order valence-corrected chi connectivity index (χ3v) is 2.17. The Kier molecular flexibility index (Phi) is 2.49. The van der Waals surface area contributed by atoms with Crippen LogP contribution in [0.3, 0.4) is 0 Å². The Morgan fingerprint density at radius 3 is 3.00 bits per heavy atom. The van der Waals surface area contributed by atoms with Gasteiger partial charge in [-0.1, -0.05) is 23.4 Å². The molecule has 2 rings (SSSR count). The van der Waals surface area contributed by atoms with E-state index in [1.807, 2.05) is 28.8 Å². The van der Waals surface area contributed by atoms with Crippen LogP contribution in [0.5, 0.6) is 0 Å². The molecule has 1 N–H and O–H groups in total. The summed E-state index contributed by atoms with van der Waals surface area (Å²) in [6.07, 6.45) is 3.10. The molecule has 1 aromatic carbocycles. The molecular formula is C11H11N3O. The topological polar surface area (TPSA) is 50.4 Å². The van der Waals surface area contributed by atoms with E-state index in [1.54, 1.807) is 6.08 Å². The second-order valence-corrected chi connectivity index (χ2v) is 3.10. The van der Waals surface area contributed by atoms with Gasteiger partial charge in [-0.3, -0.25) is 0 Å². The van der Waals surface area contributed by atoms with E-state index < -0.39 is 0 Å². The summed E-state index contributed by atoms with van der Waals surface area (Å²) in [5, 5.41) is 11.5. The quantitative estimate of drug-likeness (QED) is 0.357.